The molecule has 0 radical (unpaired) electrons. The van der Waals surface area contributed by atoms with E-state index in [0.29, 0.717) is 24.5 Å². The molecule has 0 aliphatic carbocycles. The SMILES string of the molecule is C=CNCNC(=C)C(=O)C=C(N)CC. The molecule has 4 heteroatoms. The monoisotopic (exact) mass is 195 g/mol. The molecule has 0 spiro atoms. The number of carbonyl (C=O) groups is 1. The van der Waals surface area contributed by atoms with E-state index >= 15 is 0 Å². The van der Waals surface area contributed by atoms with Gasteiger partial charge in [0.2, 0.25) is 5.78 Å². The molecule has 4 N–H and O–H groups in total. The van der Waals surface area contributed by atoms with Crippen LogP contribution in [0.25, 0.3) is 0 Å². The number of rotatable bonds is 7. The summed E-state index contributed by atoms with van der Waals surface area (Å²) in [5.41, 5.74) is 6.37. The summed E-state index contributed by atoms with van der Waals surface area (Å²) in [6.07, 6.45) is 3.56. The fourth-order valence-corrected chi connectivity index (χ4v) is 0.675. The summed E-state index contributed by atoms with van der Waals surface area (Å²) in [7, 11) is 0. The topological polar surface area (TPSA) is 67.1 Å². The van der Waals surface area contributed by atoms with Crippen LogP contribution in [-0.4, -0.2) is 12.5 Å². The van der Waals surface area contributed by atoms with E-state index in [1.54, 1.807) is 0 Å². The van der Waals surface area contributed by atoms with Crippen molar-refractivity contribution in [1.82, 2.24) is 10.6 Å². The molecule has 0 aromatic heterocycles. The number of allylic oxidation sites excluding steroid dienone is 2. The molecule has 0 unspecified atom stereocenters. The maximum atomic E-state index is 11.3. The molecule has 0 aromatic carbocycles. The highest BCUT2D eigenvalue weighted by Crippen LogP contribution is 1.95. The van der Waals surface area contributed by atoms with E-state index in [-0.39, 0.29) is 5.78 Å². The molecule has 0 saturated heterocycles. The van der Waals surface area contributed by atoms with Crippen LogP contribution in [0.4, 0.5) is 0 Å². The van der Waals surface area contributed by atoms with E-state index < -0.39 is 0 Å². The average molecular weight is 195 g/mol. The summed E-state index contributed by atoms with van der Waals surface area (Å²) in [5, 5.41) is 5.58. The second kappa shape index (κ2) is 6.77. The minimum atomic E-state index is -0.199. The van der Waals surface area contributed by atoms with Gasteiger partial charge in [0.25, 0.3) is 0 Å². The van der Waals surface area contributed by atoms with Crippen molar-refractivity contribution in [2.45, 2.75) is 13.3 Å². The number of hydrogen-bond donors (Lipinski definition) is 3. The lowest BCUT2D eigenvalue weighted by Gasteiger charge is -2.06. The van der Waals surface area contributed by atoms with Crippen molar-refractivity contribution in [3.8, 4) is 0 Å². The number of hydrogen-bond acceptors (Lipinski definition) is 4. The summed E-state index contributed by atoms with van der Waals surface area (Å²) < 4.78 is 0. The first-order valence-corrected chi connectivity index (χ1v) is 4.39. The summed E-state index contributed by atoms with van der Waals surface area (Å²) in [4.78, 5) is 11.3. The normalized spacial score (nSPS) is 10.5. The van der Waals surface area contributed by atoms with Crippen molar-refractivity contribution in [2.75, 3.05) is 6.67 Å². The minimum absolute atomic E-state index is 0.199. The predicted octanol–water partition coefficient (Wildman–Crippen LogP) is 0.602. The quantitative estimate of drug-likeness (QED) is 0.316. The van der Waals surface area contributed by atoms with Crippen LogP contribution in [-0.2, 0) is 4.79 Å². The average Bonchev–Trinajstić information content (AvgIpc) is 2.17. The van der Waals surface area contributed by atoms with Gasteiger partial charge in [-0.2, -0.15) is 0 Å². The predicted molar refractivity (Wildman–Crippen MR) is 58.0 cm³/mol. The van der Waals surface area contributed by atoms with Crippen molar-refractivity contribution >= 4 is 5.78 Å². The third-order valence-corrected chi connectivity index (χ3v) is 1.57. The third-order valence-electron chi connectivity index (χ3n) is 1.57. The van der Waals surface area contributed by atoms with E-state index in [1.165, 1.54) is 12.3 Å². The smallest absolute Gasteiger partial charge is 0.202 e. The van der Waals surface area contributed by atoms with Crippen LogP contribution in [0.2, 0.25) is 0 Å². The Bertz CT molecular complexity index is 256. The fraction of sp³-hybridized carbons (Fsp3) is 0.300. The van der Waals surface area contributed by atoms with E-state index in [9.17, 15) is 4.79 Å². The summed E-state index contributed by atoms with van der Waals surface area (Å²) >= 11 is 0. The van der Waals surface area contributed by atoms with Crippen LogP contribution in [0.3, 0.4) is 0 Å². The Labute approximate surface area is 84.6 Å². The summed E-state index contributed by atoms with van der Waals surface area (Å²) in [6.45, 7) is 9.35. The van der Waals surface area contributed by atoms with Crippen LogP contribution in [0.1, 0.15) is 13.3 Å². The second-order valence-corrected chi connectivity index (χ2v) is 2.68. The van der Waals surface area contributed by atoms with Gasteiger partial charge in [0.1, 0.15) is 0 Å². The van der Waals surface area contributed by atoms with E-state index in [2.05, 4.69) is 23.8 Å². The Balaban J connectivity index is 4.00. The number of carbonyl (C=O) groups excluding carboxylic acids is 1. The van der Waals surface area contributed by atoms with Crippen LogP contribution in [0.5, 0.6) is 0 Å². The third kappa shape index (κ3) is 5.03. The lowest BCUT2D eigenvalue weighted by molar-refractivity contribution is -0.111. The molecule has 0 amide bonds. The molecule has 0 aliphatic rings. The molecule has 0 atom stereocenters. The number of nitrogens with one attached hydrogen (secondary N) is 2. The summed E-state index contributed by atoms with van der Waals surface area (Å²) in [5.74, 6) is -0.199. The van der Waals surface area contributed by atoms with Crippen LogP contribution < -0.4 is 16.4 Å². The first kappa shape index (κ1) is 12.3. The Hall–Kier alpha value is -1.71. The minimum Gasteiger partial charge on any atom is -0.402 e. The lowest BCUT2D eigenvalue weighted by atomic mass is 10.2. The van der Waals surface area contributed by atoms with Gasteiger partial charge in [-0.3, -0.25) is 4.79 Å². The second-order valence-electron chi connectivity index (χ2n) is 2.68. The van der Waals surface area contributed by atoms with Crippen molar-refractivity contribution in [3.05, 3.63) is 36.8 Å². The molecule has 0 heterocycles. The van der Waals surface area contributed by atoms with E-state index in [0.717, 1.165) is 0 Å². The molecule has 78 valence electrons. The molecule has 0 aromatic rings. The van der Waals surface area contributed by atoms with Crippen molar-refractivity contribution in [2.24, 2.45) is 5.73 Å². The Morgan fingerprint density at radius 2 is 2.21 bits per heavy atom. The Kier molecular flexibility index (Phi) is 5.94. The van der Waals surface area contributed by atoms with Crippen molar-refractivity contribution in [1.29, 1.82) is 0 Å². The molecule has 0 bridgehead atoms. The molecule has 0 rings (SSSR count). The first-order chi connectivity index (χ1) is 6.61. The first-order valence-electron chi connectivity index (χ1n) is 4.39. The highest BCUT2D eigenvalue weighted by atomic mass is 16.1. The van der Waals surface area contributed by atoms with Crippen LogP contribution in [0.15, 0.2) is 36.8 Å². The highest BCUT2D eigenvalue weighted by molar-refractivity contribution is 6.03. The number of ketones is 1. The van der Waals surface area contributed by atoms with Gasteiger partial charge in [0.15, 0.2) is 0 Å². The van der Waals surface area contributed by atoms with Gasteiger partial charge in [-0.1, -0.05) is 20.1 Å². The van der Waals surface area contributed by atoms with E-state index in [4.69, 9.17) is 5.73 Å². The zero-order chi connectivity index (χ0) is 11.0. The lowest BCUT2D eigenvalue weighted by Crippen LogP contribution is -2.27. The van der Waals surface area contributed by atoms with Gasteiger partial charge in [-0.05, 0) is 12.6 Å². The largest absolute Gasteiger partial charge is 0.402 e. The zero-order valence-electron chi connectivity index (χ0n) is 8.47. The van der Waals surface area contributed by atoms with Crippen molar-refractivity contribution in [3.63, 3.8) is 0 Å². The Morgan fingerprint density at radius 1 is 1.57 bits per heavy atom. The van der Waals surface area contributed by atoms with Crippen LogP contribution >= 0.6 is 0 Å². The molecule has 14 heavy (non-hydrogen) atoms. The Morgan fingerprint density at radius 3 is 2.71 bits per heavy atom. The van der Waals surface area contributed by atoms with Crippen molar-refractivity contribution < 1.29 is 4.79 Å². The molecular weight excluding hydrogens is 178 g/mol. The van der Waals surface area contributed by atoms with Crippen LogP contribution in [0, 0.1) is 0 Å². The maximum Gasteiger partial charge on any atom is 0.202 e. The van der Waals surface area contributed by atoms with Gasteiger partial charge < -0.3 is 16.4 Å². The van der Waals surface area contributed by atoms with E-state index in [1.807, 2.05) is 6.92 Å². The molecule has 0 fully saturated rings. The number of nitrogens with two attached hydrogens (primary N) is 1. The van der Waals surface area contributed by atoms with Gasteiger partial charge in [0.05, 0.1) is 12.4 Å². The van der Waals surface area contributed by atoms with Gasteiger partial charge >= 0.3 is 0 Å². The molecule has 0 saturated carbocycles. The molecule has 0 aliphatic heterocycles. The fourth-order valence-electron chi connectivity index (χ4n) is 0.675. The standard InChI is InChI=1S/C10H17N3O/c1-4-9(11)6-10(14)8(3)13-7-12-5-2/h5-6,12-13H,2-4,7,11H2,1H3. The highest BCUT2D eigenvalue weighted by Gasteiger charge is 2.02. The molecule has 4 nitrogen and oxygen atoms in total. The zero-order valence-corrected chi connectivity index (χ0v) is 8.47. The molecular formula is C10H17N3O. The summed E-state index contributed by atoms with van der Waals surface area (Å²) in [6, 6.07) is 0. The van der Waals surface area contributed by atoms with Gasteiger partial charge in [-0.15, -0.1) is 0 Å². The van der Waals surface area contributed by atoms with Gasteiger partial charge in [-0.25, -0.2) is 0 Å². The van der Waals surface area contributed by atoms with Gasteiger partial charge in [0, 0.05) is 11.8 Å². The maximum absolute atomic E-state index is 11.3.